The molecule has 0 aliphatic carbocycles. The molecule has 0 spiro atoms. The van der Waals surface area contributed by atoms with Gasteiger partial charge in [0, 0.05) is 49.3 Å². The predicted molar refractivity (Wildman–Crippen MR) is 129 cm³/mol. The molecular weight excluding hydrogens is 469 g/mol. The lowest BCUT2D eigenvalue weighted by atomic mass is 10.1. The fraction of sp³-hybridized carbons (Fsp3) is 0.250. The maximum atomic E-state index is 10.8. The average Bonchev–Trinajstić information content (AvgIpc) is 2.78. The van der Waals surface area contributed by atoms with Crippen LogP contribution < -0.4 is 27.0 Å². The number of halogens is 2. The number of hydrogen-bond donors (Lipinski definition) is 5. The molecule has 1 aliphatic rings. The summed E-state index contributed by atoms with van der Waals surface area (Å²) < 4.78 is 0. The smallest absolute Gasteiger partial charge is 0.311 e. The van der Waals surface area contributed by atoms with E-state index in [2.05, 4.69) is 36.2 Å². The van der Waals surface area contributed by atoms with Crippen LogP contribution in [0.2, 0.25) is 10.0 Å². The number of nitrogen functional groups attached to an aromatic ring is 1. The summed E-state index contributed by atoms with van der Waals surface area (Å²) in [5, 5.41) is 24.8. The minimum absolute atomic E-state index is 0.138. The first kappa shape index (κ1) is 22.8. The number of nitro groups is 1. The van der Waals surface area contributed by atoms with E-state index in [4.69, 9.17) is 28.9 Å². The van der Waals surface area contributed by atoms with Gasteiger partial charge < -0.3 is 27.0 Å². The Labute approximate surface area is 199 Å². The maximum Gasteiger partial charge on any atom is 0.311 e. The molecule has 172 valence electrons. The van der Waals surface area contributed by atoms with Crippen molar-refractivity contribution in [2.75, 3.05) is 41.3 Å². The van der Waals surface area contributed by atoms with Crippen molar-refractivity contribution < 1.29 is 4.92 Å². The van der Waals surface area contributed by atoms with E-state index in [1.807, 2.05) is 0 Å². The standard InChI is InChI=1S/C20H21Cl2N9O2/c21-11-1-2-15(13(22)9-11)27-19-12-10-24-6-5-14(12)28-20(30-19)26-8-7-25-17-4-3-16(31(32)33)18(23)29-17/h1-4,9,24H,5-8,10H2,(H3,23,25,29)(H2,26,27,28,30). The van der Waals surface area contributed by atoms with E-state index in [1.165, 1.54) is 12.1 Å². The van der Waals surface area contributed by atoms with Gasteiger partial charge in [-0.1, -0.05) is 23.2 Å². The third kappa shape index (κ3) is 5.51. The molecule has 1 aromatic carbocycles. The van der Waals surface area contributed by atoms with Crippen molar-refractivity contribution in [2.24, 2.45) is 0 Å². The van der Waals surface area contributed by atoms with Crippen LogP contribution in [-0.4, -0.2) is 39.5 Å². The number of nitrogens with two attached hydrogens (primary N) is 1. The van der Waals surface area contributed by atoms with Crippen molar-refractivity contribution in [3.63, 3.8) is 0 Å². The molecule has 3 heterocycles. The minimum Gasteiger partial charge on any atom is -0.378 e. The second-order valence-corrected chi connectivity index (χ2v) is 8.05. The maximum absolute atomic E-state index is 10.8. The van der Waals surface area contributed by atoms with Gasteiger partial charge in [0.15, 0.2) is 0 Å². The van der Waals surface area contributed by atoms with Gasteiger partial charge in [-0.25, -0.2) is 9.97 Å². The van der Waals surface area contributed by atoms with Crippen LogP contribution in [0.3, 0.4) is 0 Å². The predicted octanol–water partition coefficient (Wildman–Crippen LogP) is 3.58. The van der Waals surface area contributed by atoms with Crippen LogP contribution in [0.1, 0.15) is 11.3 Å². The largest absolute Gasteiger partial charge is 0.378 e. The number of aromatic nitrogens is 3. The van der Waals surface area contributed by atoms with Crippen LogP contribution in [-0.2, 0) is 13.0 Å². The van der Waals surface area contributed by atoms with Crippen molar-refractivity contribution in [3.8, 4) is 0 Å². The van der Waals surface area contributed by atoms with E-state index in [-0.39, 0.29) is 11.5 Å². The molecule has 11 nitrogen and oxygen atoms in total. The van der Waals surface area contributed by atoms with Gasteiger partial charge in [0.05, 0.1) is 21.3 Å². The normalized spacial score (nSPS) is 12.7. The molecule has 6 N–H and O–H groups in total. The molecule has 0 radical (unpaired) electrons. The molecular formula is C20H21Cl2N9O2. The summed E-state index contributed by atoms with van der Waals surface area (Å²) in [5.74, 6) is 1.44. The third-order valence-corrected chi connectivity index (χ3v) is 5.48. The van der Waals surface area contributed by atoms with Crippen LogP contribution >= 0.6 is 23.2 Å². The van der Waals surface area contributed by atoms with E-state index >= 15 is 0 Å². The number of nitrogens with one attached hydrogen (secondary N) is 4. The lowest BCUT2D eigenvalue weighted by molar-refractivity contribution is -0.384. The monoisotopic (exact) mass is 489 g/mol. The molecule has 2 aromatic heterocycles. The number of anilines is 5. The van der Waals surface area contributed by atoms with Gasteiger partial charge in [0.1, 0.15) is 11.6 Å². The van der Waals surface area contributed by atoms with E-state index < -0.39 is 4.92 Å². The zero-order valence-electron chi connectivity index (χ0n) is 17.4. The van der Waals surface area contributed by atoms with Crippen molar-refractivity contribution in [1.29, 1.82) is 0 Å². The minimum atomic E-state index is -0.570. The van der Waals surface area contributed by atoms with Crippen molar-refractivity contribution >= 4 is 58.0 Å². The number of rotatable bonds is 8. The Morgan fingerprint density at radius 2 is 1.94 bits per heavy atom. The molecule has 0 saturated carbocycles. The van der Waals surface area contributed by atoms with E-state index in [0.29, 0.717) is 53.0 Å². The highest BCUT2D eigenvalue weighted by Gasteiger charge is 2.18. The number of fused-ring (bicyclic) bond motifs is 1. The summed E-state index contributed by atoms with van der Waals surface area (Å²) in [5.41, 5.74) is 8.04. The quantitative estimate of drug-likeness (QED) is 0.180. The highest BCUT2D eigenvalue weighted by Crippen LogP contribution is 2.31. The topological polar surface area (TPSA) is 156 Å². The van der Waals surface area contributed by atoms with E-state index in [0.717, 1.165) is 24.2 Å². The van der Waals surface area contributed by atoms with Crippen molar-refractivity contribution in [3.05, 3.63) is 61.7 Å². The zero-order chi connectivity index (χ0) is 23.4. The van der Waals surface area contributed by atoms with E-state index in [1.54, 1.807) is 18.2 Å². The second-order valence-electron chi connectivity index (χ2n) is 7.21. The lowest BCUT2D eigenvalue weighted by Gasteiger charge is -2.21. The fourth-order valence-electron chi connectivity index (χ4n) is 3.33. The summed E-state index contributed by atoms with van der Waals surface area (Å²) in [6.07, 6.45) is 0.778. The molecule has 0 atom stereocenters. The third-order valence-electron chi connectivity index (χ3n) is 4.93. The molecule has 0 bridgehead atoms. The molecule has 0 fully saturated rings. The summed E-state index contributed by atoms with van der Waals surface area (Å²) in [6.45, 7) is 2.44. The molecule has 0 amide bonds. The van der Waals surface area contributed by atoms with Gasteiger partial charge in [-0.05, 0) is 24.3 Å². The number of hydrogen-bond acceptors (Lipinski definition) is 10. The zero-order valence-corrected chi connectivity index (χ0v) is 18.9. The number of nitrogens with zero attached hydrogens (tertiary/aromatic N) is 4. The van der Waals surface area contributed by atoms with Crippen LogP contribution in [0, 0.1) is 10.1 Å². The first-order valence-corrected chi connectivity index (χ1v) is 10.9. The van der Waals surface area contributed by atoms with Crippen LogP contribution in [0.5, 0.6) is 0 Å². The molecule has 33 heavy (non-hydrogen) atoms. The second kappa shape index (κ2) is 10.0. The van der Waals surface area contributed by atoms with Gasteiger partial charge in [-0.2, -0.15) is 4.98 Å². The highest BCUT2D eigenvalue weighted by atomic mass is 35.5. The number of benzene rings is 1. The van der Waals surface area contributed by atoms with Crippen molar-refractivity contribution in [2.45, 2.75) is 13.0 Å². The first-order valence-electron chi connectivity index (χ1n) is 10.1. The molecule has 0 saturated heterocycles. The summed E-state index contributed by atoms with van der Waals surface area (Å²) >= 11 is 12.3. The Hall–Kier alpha value is -3.41. The van der Waals surface area contributed by atoms with Crippen LogP contribution in [0.15, 0.2) is 30.3 Å². The Bertz CT molecular complexity index is 1190. The molecule has 3 aromatic rings. The van der Waals surface area contributed by atoms with Gasteiger partial charge in [-0.15, -0.1) is 0 Å². The number of pyridine rings is 1. The van der Waals surface area contributed by atoms with Crippen LogP contribution in [0.25, 0.3) is 0 Å². The van der Waals surface area contributed by atoms with E-state index in [9.17, 15) is 10.1 Å². The van der Waals surface area contributed by atoms with Gasteiger partial charge in [0.25, 0.3) is 0 Å². The van der Waals surface area contributed by atoms with Gasteiger partial charge >= 0.3 is 5.69 Å². The van der Waals surface area contributed by atoms with Crippen LogP contribution in [0.4, 0.5) is 34.8 Å². The Kier molecular flexibility index (Phi) is 6.92. The Morgan fingerprint density at radius 1 is 1.12 bits per heavy atom. The molecule has 13 heteroatoms. The SMILES string of the molecule is Nc1nc(NCCNc2nc3c(c(Nc4ccc(Cl)cc4Cl)n2)CNCC3)ccc1[N+](=O)[O-]. The van der Waals surface area contributed by atoms with Crippen molar-refractivity contribution in [1.82, 2.24) is 20.3 Å². The van der Waals surface area contributed by atoms with Gasteiger partial charge in [0.2, 0.25) is 11.8 Å². The molecule has 0 unspecified atom stereocenters. The molecule has 4 rings (SSSR count). The fourth-order valence-corrected chi connectivity index (χ4v) is 3.78. The summed E-state index contributed by atoms with van der Waals surface area (Å²) in [7, 11) is 0. The highest BCUT2D eigenvalue weighted by molar-refractivity contribution is 6.36. The summed E-state index contributed by atoms with van der Waals surface area (Å²) in [4.78, 5) is 23.6. The molecule has 1 aliphatic heterocycles. The summed E-state index contributed by atoms with van der Waals surface area (Å²) in [6, 6.07) is 8.05. The van der Waals surface area contributed by atoms with Gasteiger partial charge in [-0.3, -0.25) is 10.1 Å². The lowest BCUT2D eigenvalue weighted by Crippen LogP contribution is -2.27. The Morgan fingerprint density at radius 3 is 2.70 bits per heavy atom. The Balaban J connectivity index is 1.44. The average molecular weight is 490 g/mol. The first-order chi connectivity index (χ1) is 15.9.